The van der Waals surface area contributed by atoms with E-state index in [0.29, 0.717) is 103 Å². The molecule has 0 saturated heterocycles. The van der Waals surface area contributed by atoms with Gasteiger partial charge in [0.15, 0.2) is 0 Å². The molecule has 0 spiro atoms. The number of hydrogen-bond acceptors (Lipinski definition) is 18. The molecule has 0 saturated carbocycles. The summed E-state index contributed by atoms with van der Waals surface area (Å²) in [7, 11) is 0. The lowest BCUT2D eigenvalue weighted by molar-refractivity contribution is 0.607. The van der Waals surface area contributed by atoms with Crippen molar-refractivity contribution in [3.05, 3.63) is 256 Å². The van der Waals surface area contributed by atoms with Gasteiger partial charge in [-0.05, 0) is 212 Å². The predicted octanol–water partition coefficient (Wildman–Crippen LogP) is 18.9. The second-order valence-corrected chi connectivity index (χ2v) is 22.8. The first-order valence-corrected chi connectivity index (χ1v) is 30.7. The van der Waals surface area contributed by atoms with Crippen molar-refractivity contribution in [2.75, 3.05) is 0 Å². The number of benzene rings is 7. The fourth-order valence-corrected chi connectivity index (χ4v) is 12.5. The smallest absolute Gasteiger partial charge is 0.247 e. The van der Waals surface area contributed by atoms with Crippen molar-refractivity contribution in [2.24, 2.45) is 0 Å². The zero-order chi connectivity index (χ0) is 63.2. The Labute approximate surface area is 542 Å². The van der Waals surface area contributed by atoms with E-state index in [0.717, 1.165) is 100 Å². The molecule has 0 aliphatic carbocycles. The van der Waals surface area contributed by atoms with Gasteiger partial charge in [-0.2, -0.15) is 0 Å². The molecule has 0 aliphatic heterocycles. The number of oxazole rings is 6. The van der Waals surface area contributed by atoms with Crippen molar-refractivity contribution in [3.8, 4) is 135 Å². The topological polar surface area (TPSA) is 234 Å². The van der Waals surface area contributed by atoms with E-state index < -0.39 is 0 Å². The molecule has 19 rings (SSSR count). The largest absolute Gasteiger partial charge is 0.418 e. The second kappa shape index (κ2) is 22.0. The molecular weight excluding hydrogens is 1200 g/mol. The third kappa shape index (κ3) is 9.35. The highest BCUT2D eigenvalue weighted by Crippen LogP contribution is 2.57. The molecule has 18 heteroatoms. The number of hydrogen-bond donors (Lipinski definition) is 0. The summed E-state index contributed by atoms with van der Waals surface area (Å²) >= 11 is 0. The molecule has 450 valence electrons. The van der Waals surface area contributed by atoms with E-state index in [4.69, 9.17) is 56.4 Å². The van der Waals surface area contributed by atoms with E-state index >= 15 is 0 Å². The third-order valence-electron chi connectivity index (χ3n) is 17.0. The Morgan fingerprint density at radius 2 is 0.292 bits per heavy atom. The number of aromatic nitrogens is 12. The summed E-state index contributed by atoms with van der Waals surface area (Å²) in [6.07, 6.45) is 10.2. The molecule has 0 atom stereocenters. The number of nitrogens with zero attached hydrogens (tertiary/aromatic N) is 12. The molecule has 0 N–H and O–H groups in total. The Kier molecular flexibility index (Phi) is 12.4. The van der Waals surface area contributed by atoms with Gasteiger partial charge in [0, 0.05) is 70.6 Å². The van der Waals surface area contributed by atoms with E-state index in [-0.39, 0.29) is 0 Å². The minimum absolute atomic E-state index is 0.435. The molecule has 0 radical (unpaired) electrons. The summed E-state index contributed by atoms with van der Waals surface area (Å²) in [5, 5.41) is 0. The molecule has 0 aliphatic rings. The molecule has 12 aromatic heterocycles. The average molecular weight is 1240 g/mol. The Balaban J connectivity index is 0.925. The summed E-state index contributed by atoms with van der Waals surface area (Å²) in [6, 6.07) is 72.5. The van der Waals surface area contributed by atoms with Gasteiger partial charge in [0.1, 0.15) is 33.1 Å². The van der Waals surface area contributed by atoms with Crippen LogP contribution in [0.5, 0.6) is 0 Å². The SMILES string of the molecule is c1cnc2oc(-c3ccc(-c4c(-c5ccc(-c6nc7cccnc7o6)cc5)c(-c5ccc(-c6nc7cccnc7o6)cc5)c(-c5ccc(-c6nc7cccnc7o6)cc5)c(-c5ccc(-c6nc7cccnc7o6)cc5)c4-c4ccc(-c5nc6cccnc6o5)cc4)cc3)nc2c1. The Morgan fingerprint density at radius 1 is 0.156 bits per heavy atom. The van der Waals surface area contributed by atoms with Crippen LogP contribution in [-0.2, 0) is 0 Å². The van der Waals surface area contributed by atoms with Gasteiger partial charge in [0.25, 0.3) is 0 Å². The molecule has 96 heavy (non-hydrogen) atoms. The van der Waals surface area contributed by atoms with Crippen molar-refractivity contribution in [1.82, 2.24) is 59.8 Å². The number of rotatable bonds is 12. The van der Waals surface area contributed by atoms with Gasteiger partial charge in [-0.25, -0.2) is 59.8 Å². The third-order valence-corrected chi connectivity index (χ3v) is 17.0. The number of fused-ring (bicyclic) bond motifs is 6. The zero-order valence-electron chi connectivity index (χ0n) is 50.1. The summed E-state index contributed by atoms with van der Waals surface area (Å²) in [4.78, 5) is 56.1. The average Bonchev–Trinajstić information content (AvgIpc) is 1.15. The molecule has 7 aromatic carbocycles. The lowest BCUT2D eigenvalue weighted by Crippen LogP contribution is -2.02. The molecule has 0 unspecified atom stereocenters. The van der Waals surface area contributed by atoms with E-state index in [9.17, 15) is 0 Å². The minimum Gasteiger partial charge on any atom is -0.418 e. The van der Waals surface area contributed by atoms with Crippen molar-refractivity contribution in [2.45, 2.75) is 0 Å². The van der Waals surface area contributed by atoms with Crippen molar-refractivity contribution in [1.29, 1.82) is 0 Å². The van der Waals surface area contributed by atoms with Crippen LogP contribution in [0, 0.1) is 0 Å². The van der Waals surface area contributed by atoms with Gasteiger partial charge in [-0.15, -0.1) is 0 Å². The van der Waals surface area contributed by atoms with Gasteiger partial charge in [0.2, 0.25) is 69.6 Å². The lowest BCUT2D eigenvalue weighted by atomic mass is 9.74. The van der Waals surface area contributed by atoms with Crippen LogP contribution in [0.25, 0.3) is 203 Å². The van der Waals surface area contributed by atoms with Crippen LogP contribution in [0.15, 0.2) is 282 Å². The normalized spacial score (nSPS) is 11.8. The van der Waals surface area contributed by atoms with Crippen LogP contribution in [0.2, 0.25) is 0 Å². The molecule has 18 nitrogen and oxygen atoms in total. The van der Waals surface area contributed by atoms with Crippen molar-refractivity contribution in [3.63, 3.8) is 0 Å². The van der Waals surface area contributed by atoms with E-state index in [1.807, 2.05) is 146 Å². The van der Waals surface area contributed by atoms with Gasteiger partial charge < -0.3 is 26.5 Å². The predicted molar refractivity (Wildman–Crippen MR) is 364 cm³/mol. The molecule has 0 bridgehead atoms. The van der Waals surface area contributed by atoms with Crippen molar-refractivity contribution >= 4 is 67.4 Å². The first-order chi connectivity index (χ1) is 47.5. The maximum absolute atomic E-state index is 6.31. The summed E-state index contributed by atoms with van der Waals surface area (Å²) < 4.78 is 37.9. The van der Waals surface area contributed by atoms with Crippen molar-refractivity contribution < 1.29 is 26.5 Å². The molecule has 0 fully saturated rings. The van der Waals surface area contributed by atoms with Crippen LogP contribution in [0.1, 0.15) is 0 Å². The van der Waals surface area contributed by atoms with Gasteiger partial charge in [0.05, 0.1) is 0 Å². The highest BCUT2D eigenvalue weighted by molar-refractivity contribution is 6.15. The van der Waals surface area contributed by atoms with E-state index in [1.165, 1.54) is 0 Å². The minimum atomic E-state index is 0.435. The van der Waals surface area contributed by atoms with Gasteiger partial charge in [-0.3, -0.25) is 0 Å². The summed E-state index contributed by atoms with van der Waals surface area (Å²) in [5.74, 6) is 2.61. The van der Waals surface area contributed by atoms with Crippen LogP contribution >= 0.6 is 0 Å². The maximum atomic E-state index is 6.31. The Morgan fingerprint density at radius 3 is 0.427 bits per heavy atom. The van der Waals surface area contributed by atoms with Crippen LogP contribution in [-0.4, -0.2) is 59.8 Å². The first kappa shape index (κ1) is 54.0. The molecule has 19 aromatic rings. The van der Waals surface area contributed by atoms with Gasteiger partial charge >= 0.3 is 0 Å². The fraction of sp³-hybridized carbons (Fsp3) is 0. The highest BCUT2D eigenvalue weighted by Gasteiger charge is 2.31. The van der Waals surface area contributed by atoms with Crippen LogP contribution in [0.3, 0.4) is 0 Å². The second-order valence-electron chi connectivity index (χ2n) is 22.8. The van der Waals surface area contributed by atoms with E-state index in [2.05, 4.69) is 103 Å². The van der Waals surface area contributed by atoms with E-state index in [1.54, 1.807) is 37.2 Å². The number of pyridine rings is 6. The Bertz CT molecular complexity index is 5000. The fourth-order valence-electron chi connectivity index (χ4n) is 12.5. The monoisotopic (exact) mass is 1240 g/mol. The molecule has 0 amide bonds. The summed E-state index contributed by atoms with van der Waals surface area (Å²) in [6.45, 7) is 0. The molecular formula is C78H42N12O6. The Hall–Kier alpha value is -13.7. The molecule has 12 heterocycles. The van der Waals surface area contributed by atoms with Crippen LogP contribution in [0.4, 0.5) is 0 Å². The standard InChI is InChI=1S/C78H42N12O6/c1-7-55-73(79-37-1)91-67(85-55)49-25-13-43(14-26-49)61-62(44-15-27-50(28-16-44)68-86-56-8-2-38-80-74(56)92-68)64(46-19-31-52(32-20-46)70-88-58-10-4-40-82-76(58)94-70)66(48-23-35-54(36-24-48)72-90-60-12-6-42-84-78(60)96-72)65(47-21-33-53(34-22-47)71-89-59-11-5-41-83-77(59)95-71)63(61)45-17-29-51(30-18-45)69-87-57-9-3-39-81-75(57)93-69/h1-42H. The summed E-state index contributed by atoms with van der Waals surface area (Å²) in [5.41, 5.74) is 21.7. The maximum Gasteiger partial charge on any atom is 0.247 e. The quantitative estimate of drug-likeness (QED) is 0.111. The highest BCUT2D eigenvalue weighted by atomic mass is 16.4. The first-order valence-electron chi connectivity index (χ1n) is 30.7. The van der Waals surface area contributed by atoms with Crippen LogP contribution < -0.4 is 0 Å². The van der Waals surface area contributed by atoms with Gasteiger partial charge in [-0.1, -0.05) is 72.8 Å². The zero-order valence-corrected chi connectivity index (χ0v) is 50.1. The lowest BCUT2D eigenvalue weighted by Gasteiger charge is -2.29.